The average molecular weight is 397 g/mol. The molecule has 3 rings (SSSR count). The van der Waals surface area contributed by atoms with E-state index < -0.39 is 29.4 Å². The molecule has 1 aliphatic rings. The Labute approximate surface area is 164 Å². The van der Waals surface area contributed by atoms with Gasteiger partial charge in [-0.25, -0.2) is 9.69 Å². The Bertz CT molecular complexity index is 1020. The topological polar surface area (TPSA) is 139 Å². The standard InChI is InChI=1S/C19H15N3O7/c23-17(24)10-21-18(25)14(20-19(21)26)8-13-6-7-16(15(9-13)22(27)28)29-11-12-4-2-1-3-5-12/h1-9H,10-11H2,(H,20,26)(H,23,24)/b14-8+. The van der Waals surface area contributed by atoms with Crippen molar-refractivity contribution in [1.82, 2.24) is 10.2 Å². The molecule has 1 fully saturated rings. The Morgan fingerprint density at radius 3 is 2.59 bits per heavy atom. The fourth-order valence-corrected chi connectivity index (χ4v) is 2.64. The van der Waals surface area contributed by atoms with Crippen molar-refractivity contribution in [3.8, 4) is 5.75 Å². The highest BCUT2D eigenvalue weighted by atomic mass is 16.6. The lowest BCUT2D eigenvalue weighted by Crippen LogP contribution is -2.35. The second-order valence-corrected chi connectivity index (χ2v) is 6.03. The predicted octanol–water partition coefficient (Wildman–Crippen LogP) is 2.15. The van der Waals surface area contributed by atoms with Gasteiger partial charge >= 0.3 is 17.7 Å². The van der Waals surface area contributed by atoms with Gasteiger partial charge in [-0.1, -0.05) is 36.4 Å². The summed E-state index contributed by atoms with van der Waals surface area (Å²) < 4.78 is 5.54. The quantitative estimate of drug-likeness (QED) is 0.316. The molecule has 0 radical (unpaired) electrons. The lowest BCUT2D eigenvalue weighted by atomic mass is 10.1. The minimum atomic E-state index is -1.34. The van der Waals surface area contributed by atoms with E-state index in [1.165, 1.54) is 24.3 Å². The SMILES string of the molecule is O=C(O)CN1C(=O)N/C(=C/c2ccc(OCc3ccccc3)c([N+](=O)[O-])c2)C1=O. The molecule has 3 amide bonds. The van der Waals surface area contributed by atoms with E-state index >= 15 is 0 Å². The second kappa shape index (κ2) is 8.21. The molecule has 2 aromatic carbocycles. The van der Waals surface area contributed by atoms with Crippen molar-refractivity contribution in [2.45, 2.75) is 6.61 Å². The molecule has 0 spiro atoms. The van der Waals surface area contributed by atoms with E-state index in [4.69, 9.17) is 9.84 Å². The van der Waals surface area contributed by atoms with E-state index in [1.54, 1.807) is 0 Å². The van der Waals surface area contributed by atoms with Crippen molar-refractivity contribution in [2.75, 3.05) is 6.54 Å². The molecule has 0 bridgehead atoms. The van der Waals surface area contributed by atoms with Crippen molar-refractivity contribution in [2.24, 2.45) is 0 Å². The Hall–Kier alpha value is -4.21. The molecule has 10 nitrogen and oxygen atoms in total. The van der Waals surface area contributed by atoms with Gasteiger partial charge in [0.05, 0.1) is 4.92 Å². The van der Waals surface area contributed by atoms with Crippen LogP contribution >= 0.6 is 0 Å². The molecule has 0 unspecified atom stereocenters. The van der Waals surface area contributed by atoms with Crippen LogP contribution in [0.2, 0.25) is 0 Å². The zero-order valence-electron chi connectivity index (χ0n) is 14.9. The van der Waals surface area contributed by atoms with Crippen LogP contribution in [0.1, 0.15) is 11.1 Å². The summed E-state index contributed by atoms with van der Waals surface area (Å²) in [6.45, 7) is -0.644. The van der Waals surface area contributed by atoms with Gasteiger partial charge in [-0.15, -0.1) is 0 Å². The lowest BCUT2D eigenvalue weighted by molar-refractivity contribution is -0.386. The van der Waals surface area contributed by atoms with Crippen LogP contribution in [0.25, 0.3) is 6.08 Å². The number of rotatable bonds is 7. The summed E-state index contributed by atoms with van der Waals surface area (Å²) in [5, 5.41) is 22.4. The highest BCUT2D eigenvalue weighted by Crippen LogP contribution is 2.30. The molecule has 1 saturated heterocycles. The number of nitrogens with zero attached hydrogens (tertiary/aromatic N) is 2. The Kier molecular flexibility index (Phi) is 5.54. The first-order valence-electron chi connectivity index (χ1n) is 8.36. The second-order valence-electron chi connectivity index (χ2n) is 6.03. The number of benzene rings is 2. The van der Waals surface area contributed by atoms with E-state index in [0.717, 1.165) is 5.56 Å². The Morgan fingerprint density at radius 2 is 1.93 bits per heavy atom. The largest absolute Gasteiger partial charge is 0.482 e. The van der Waals surface area contributed by atoms with Gasteiger partial charge in [0.15, 0.2) is 5.75 Å². The van der Waals surface area contributed by atoms with Gasteiger partial charge in [0, 0.05) is 6.07 Å². The summed E-state index contributed by atoms with van der Waals surface area (Å²) in [5.74, 6) is -2.12. The molecular formula is C19H15N3O7. The molecule has 0 aliphatic carbocycles. The summed E-state index contributed by atoms with van der Waals surface area (Å²) >= 11 is 0. The number of carbonyl (C=O) groups excluding carboxylic acids is 2. The maximum Gasteiger partial charge on any atom is 0.329 e. The number of nitro benzene ring substituents is 1. The fraction of sp³-hybridized carbons (Fsp3) is 0.105. The average Bonchev–Trinajstić information content (AvgIpc) is 2.94. The van der Waals surface area contributed by atoms with Crippen LogP contribution in [0.3, 0.4) is 0 Å². The van der Waals surface area contributed by atoms with E-state index in [2.05, 4.69) is 5.32 Å². The van der Waals surface area contributed by atoms with E-state index in [9.17, 15) is 24.5 Å². The van der Waals surface area contributed by atoms with Gasteiger partial charge in [-0.2, -0.15) is 0 Å². The zero-order valence-corrected chi connectivity index (χ0v) is 14.9. The minimum absolute atomic E-state index is 0.0512. The summed E-state index contributed by atoms with van der Waals surface area (Å²) in [6, 6.07) is 12.3. The molecule has 1 heterocycles. The predicted molar refractivity (Wildman–Crippen MR) is 99.7 cm³/mol. The highest BCUT2D eigenvalue weighted by molar-refractivity contribution is 6.15. The maximum atomic E-state index is 12.2. The van der Waals surface area contributed by atoms with Crippen LogP contribution in [-0.4, -0.2) is 39.4 Å². The van der Waals surface area contributed by atoms with Crippen LogP contribution < -0.4 is 10.1 Å². The first kappa shape index (κ1) is 19.5. The molecule has 0 aromatic heterocycles. The summed E-state index contributed by atoms with van der Waals surface area (Å²) in [5.41, 5.74) is 0.619. The molecule has 2 aromatic rings. The van der Waals surface area contributed by atoms with Gasteiger partial charge < -0.3 is 15.2 Å². The van der Waals surface area contributed by atoms with Crippen LogP contribution in [0, 0.1) is 10.1 Å². The van der Waals surface area contributed by atoms with E-state index in [1.807, 2.05) is 30.3 Å². The first-order chi connectivity index (χ1) is 13.8. The van der Waals surface area contributed by atoms with Crippen LogP contribution in [0.15, 0.2) is 54.2 Å². The fourth-order valence-electron chi connectivity index (χ4n) is 2.64. The van der Waals surface area contributed by atoms with Gasteiger partial charge in [0.1, 0.15) is 18.8 Å². The number of aliphatic carboxylic acids is 1. The van der Waals surface area contributed by atoms with Crippen molar-refractivity contribution >= 4 is 29.7 Å². The summed E-state index contributed by atoms with van der Waals surface area (Å²) in [4.78, 5) is 46.0. The van der Waals surface area contributed by atoms with Crippen LogP contribution in [0.5, 0.6) is 5.75 Å². The maximum absolute atomic E-state index is 12.2. The van der Waals surface area contributed by atoms with E-state index in [-0.39, 0.29) is 29.3 Å². The molecule has 2 N–H and O–H groups in total. The van der Waals surface area contributed by atoms with Crippen molar-refractivity contribution in [3.05, 3.63) is 75.5 Å². The minimum Gasteiger partial charge on any atom is -0.482 e. The lowest BCUT2D eigenvalue weighted by Gasteiger charge is -2.08. The van der Waals surface area contributed by atoms with Crippen LogP contribution in [0.4, 0.5) is 10.5 Å². The summed E-state index contributed by atoms with van der Waals surface area (Å²) in [7, 11) is 0. The molecule has 29 heavy (non-hydrogen) atoms. The zero-order chi connectivity index (χ0) is 21.0. The molecule has 0 atom stereocenters. The first-order valence-corrected chi connectivity index (χ1v) is 8.36. The number of urea groups is 1. The van der Waals surface area contributed by atoms with Crippen molar-refractivity contribution in [1.29, 1.82) is 0 Å². The number of carbonyl (C=O) groups is 3. The monoisotopic (exact) mass is 397 g/mol. The van der Waals surface area contributed by atoms with Gasteiger partial charge in [-0.05, 0) is 23.3 Å². The number of amides is 3. The number of nitro groups is 1. The number of nitrogens with one attached hydrogen (secondary N) is 1. The molecule has 0 saturated carbocycles. The molecule has 10 heteroatoms. The number of imide groups is 1. The number of carboxylic acid groups (broad SMARTS) is 1. The van der Waals surface area contributed by atoms with Crippen molar-refractivity contribution < 1.29 is 29.2 Å². The summed E-state index contributed by atoms with van der Waals surface area (Å²) in [6.07, 6.45) is 1.23. The molecular weight excluding hydrogens is 382 g/mol. The van der Waals surface area contributed by atoms with E-state index in [0.29, 0.717) is 4.90 Å². The smallest absolute Gasteiger partial charge is 0.329 e. The number of ether oxygens (including phenoxy) is 1. The number of hydrogen-bond acceptors (Lipinski definition) is 6. The normalized spacial score (nSPS) is 14.8. The van der Waals surface area contributed by atoms with Gasteiger partial charge in [0.25, 0.3) is 5.91 Å². The third kappa shape index (κ3) is 4.56. The van der Waals surface area contributed by atoms with Crippen LogP contribution in [-0.2, 0) is 16.2 Å². The highest BCUT2D eigenvalue weighted by Gasteiger charge is 2.35. The van der Waals surface area contributed by atoms with Gasteiger partial charge in [0.2, 0.25) is 0 Å². The van der Waals surface area contributed by atoms with Crippen molar-refractivity contribution in [3.63, 3.8) is 0 Å². The van der Waals surface area contributed by atoms with Gasteiger partial charge in [-0.3, -0.25) is 19.7 Å². The number of carboxylic acids is 1. The third-order valence-electron chi connectivity index (χ3n) is 3.98. The third-order valence-corrected chi connectivity index (χ3v) is 3.98. The molecule has 148 valence electrons. The Morgan fingerprint density at radius 1 is 1.21 bits per heavy atom. The number of hydrogen-bond donors (Lipinski definition) is 2. The molecule has 1 aliphatic heterocycles. The Balaban J connectivity index is 1.82.